The number of hydrogen-bond donors (Lipinski definition) is 0. The number of nitrogens with zero attached hydrogens (tertiary/aromatic N) is 2. The highest BCUT2D eigenvalue weighted by molar-refractivity contribution is 6.31. The van der Waals surface area contributed by atoms with Crippen LogP contribution in [-0.4, -0.2) is 17.5 Å². The highest BCUT2D eigenvalue weighted by Crippen LogP contribution is 2.26. The molecule has 0 spiro atoms. The maximum atomic E-state index is 8.87. The van der Waals surface area contributed by atoms with E-state index < -0.39 is 0 Å². The number of halogens is 1. The molecule has 112 valence electrons. The van der Waals surface area contributed by atoms with E-state index in [1.54, 1.807) is 0 Å². The quantitative estimate of drug-likeness (QED) is 0.836. The normalized spacial score (nSPS) is 18.3. The van der Waals surface area contributed by atoms with Crippen LogP contribution < -0.4 is 0 Å². The van der Waals surface area contributed by atoms with Crippen molar-refractivity contribution in [2.75, 3.05) is 6.54 Å². The molecule has 22 heavy (non-hydrogen) atoms. The second-order valence-corrected chi connectivity index (χ2v) is 6.28. The molecule has 1 fully saturated rings. The minimum absolute atomic E-state index is 0.551. The van der Waals surface area contributed by atoms with Gasteiger partial charge in [-0.3, -0.25) is 4.90 Å². The van der Waals surface area contributed by atoms with Gasteiger partial charge in [0.25, 0.3) is 0 Å². The van der Waals surface area contributed by atoms with Gasteiger partial charge in [-0.15, -0.1) is 0 Å². The van der Waals surface area contributed by atoms with Crippen LogP contribution in [-0.2, 0) is 13.0 Å². The molecular weight excluding hydrogens is 292 g/mol. The molecule has 0 aromatic heterocycles. The second kappa shape index (κ2) is 6.96. The van der Waals surface area contributed by atoms with E-state index in [2.05, 4.69) is 35.2 Å². The predicted molar refractivity (Wildman–Crippen MR) is 89.7 cm³/mol. The molecule has 0 aliphatic carbocycles. The van der Waals surface area contributed by atoms with Gasteiger partial charge in [0, 0.05) is 17.6 Å². The van der Waals surface area contributed by atoms with Gasteiger partial charge < -0.3 is 0 Å². The van der Waals surface area contributed by atoms with Gasteiger partial charge in [-0.25, -0.2) is 0 Å². The molecule has 1 atom stereocenters. The van der Waals surface area contributed by atoms with Crippen LogP contribution in [0.15, 0.2) is 48.5 Å². The molecule has 3 heteroatoms. The third kappa shape index (κ3) is 3.50. The maximum Gasteiger partial charge on any atom is 0.0991 e. The van der Waals surface area contributed by atoms with Crippen molar-refractivity contribution < 1.29 is 0 Å². The van der Waals surface area contributed by atoms with Gasteiger partial charge in [0.2, 0.25) is 0 Å². The van der Waals surface area contributed by atoms with Crippen LogP contribution in [0.25, 0.3) is 0 Å². The fraction of sp³-hybridized carbons (Fsp3) is 0.316. The number of nitriles is 1. The van der Waals surface area contributed by atoms with Crippen LogP contribution in [0, 0.1) is 11.3 Å². The average molecular weight is 311 g/mol. The Labute approximate surface area is 136 Å². The molecular formula is C19H19ClN2. The summed E-state index contributed by atoms with van der Waals surface area (Å²) in [4.78, 5) is 2.53. The molecule has 0 bridgehead atoms. The average Bonchev–Trinajstić information content (AvgIpc) is 2.97. The third-order valence-electron chi connectivity index (χ3n) is 4.38. The van der Waals surface area contributed by atoms with Gasteiger partial charge in [0.1, 0.15) is 0 Å². The third-order valence-corrected chi connectivity index (χ3v) is 4.75. The van der Waals surface area contributed by atoms with E-state index in [1.807, 2.05) is 24.3 Å². The maximum absolute atomic E-state index is 8.87. The zero-order valence-corrected chi connectivity index (χ0v) is 13.3. The lowest BCUT2D eigenvalue weighted by Gasteiger charge is -2.25. The summed E-state index contributed by atoms with van der Waals surface area (Å²) in [7, 11) is 0. The van der Waals surface area contributed by atoms with Crippen LogP contribution in [0.2, 0.25) is 5.02 Å². The van der Waals surface area contributed by atoms with E-state index in [1.165, 1.54) is 24.0 Å². The molecule has 3 rings (SSSR count). The summed E-state index contributed by atoms with van der Waals surface area (Å²) in [6, 6.07) is 18.8. The summed E-state index contributed by atoms with van der Waals surface area (Å²) in [5, 5.41) is 9.74. The summed E-state index contributed by atoms with van der Waals surface area (Å²) in [6.07, 6.45) is 3.48. The monoisotopic (exact) mass is 310 g/mol. The predicted octanol–water partition coefficient (Wildman–Crippen LogP) is 4.42. The van der Waals surface area contributed by atoms with Gasteiger partial charge in [0.15, 0.2) is 0 Å². The first-order valence-corrected chi connectivity index (χ1v) is 8.10. The zero-order valence-electron chi connectivity index (χ0n) is 12.5. The van der Waals surface area contributed by atoms with Crippen molar-refractivity contribution in [3.63, 3.8) is 0 Å². The molecule has 2 nitrogen and oxygen atoms in total. The lowest BCUT2D eigenvalue weighted by molar-refractivity contribution is 0.244. The Morgan fingerprint density at radius 2 is 1.91 bits per heavy atom. The topological polar surface area (TPSA) is 27.0 Å². The van der Waals surface area contributed by atoms with Crippen molar-refractivity contribution in [1.82, 2.24) is 4.90 Å². The fourth-order valence-corrected chi connectivity index (χ4v) is 3.38. The van der Waals surface area contributed by atoms with Crippen LogP contribution in [0.1, 0.15) is 29.5 Å². The standard InChI is InChI=1S/C19H19ClN2/c20-19-6-2-1-4-17(19)12-18-5-3-11-22(18)14-16-9-7-15(13-21)8-10-16/h1-2,4,6-10,18H,3,5,11-12,14H2. The lowest BCUT2D eigenvalue weighted by atomic mass is 10.0. The van der Waals surface area contributed by atoms with E-state index in [0.29, 0.717) is 6.04 Å². The summed E-state index contributed by atoms with van der Waals surface area (Å²) >= 11 is 6.29. The van der Waals surface area contributed by atoms with E-state index >= 15 is 0 Å². The van der Waals surface area contributed by atoms with Crippen LogP contribution in [0.3, 0.4) is 0 Å². The smallest absolute Gasteiger partial charge is 0.0991 e. The zero-order chi connectivity index (χ0) is 15.4. The number of rotatable bonds is 4. The molecule has 2 aromatic rings. The van der Waals surface area contributed by atoms with Gasteiger partial charge in [0.05, 0.1) is 11.6 Å². The van der Waals surface area contributed by atoms with E-state index in [4.69, 9.17) is 16.9 Å². The number of benzene rings is 2. The van der Waals surface area contributed by atoms with E-state index in [0.717, 1.165) is 30.1 Å². The van der Waals surface area contributed by atoms with Gasteiger partial charge in [-0.1, -0.05) is 41.9 Å². The first-order valence-electron chi connectivity index (χ1n) is 7.73. The number of hydrogen-bond acceptors (Lipinski definition) is 2. The van der Waals surface area contributed by atoms with Gasteiger partial charge in [-0.05, 0) is 55.1 Å². The Balaban J connectivity index is 1.68. The fourth-order valence-electron chi connectivity index (χ4n) is 3.17. The van der Waals surface area contributed by atoms with Crippen LogP contribution >= 0.6 is 11.6 Å². The molecule has 1 unspecified atom stereocenters. The molecule has 1 aliphatic rings. The number of likely N-dealkylation sites (tertiary alicyclic amines) is 1. The van der Waals surface area contributed by atoms with Crippen LogP contribution in [0.4, 0.5) is 0 Å². The first-order chi connectivity index (χ1) is 10.8. The molecule has 2 aromatic carbocycles. The molecule has 1 saturated heterocycles. The summed E-state index contributed by atoms with van der Waals surface area (Å²) < 4.78 is 0. The summed E-state index contributed by atoms with van der Waals surface area (Å²) in [5.74, 6) is 0. The van der Waals surface area contributed by atoms with Gasteiger partial charge in [-0.2, -0.15) is 5.26 Å². The van der Waals surface area contributed by atoms with E-state index in [9.17, 15) is 0 Å². The Bertz CT molecular complexity index is 673. The molecule has 1 heterocycles. The van der Waals surface area contributed by atoms with E-state index in [-0.39, 0.29) is 0 Å². The van der Waals surface area contributed by atoms with Crippen molar-refractivity contribution in [2.45, 2.75) is 31.8 Å². The lowest BCUT2D eigenvalue weighted by Crippen LogP contribution is -2.30. The van der Waals surface area contributed by atoms with Crippen molar-refractivity contribution in [2.24, 2.45) is 0 Å². The summed E-state index contributed by atoms with van der Waals surface area (Å²) in [6.45, 7) is 2.08. The Morgan fingerprint density at radius 1 is 1.14 bits per heavy atom. The Kier molecular flexibility index (Phi) is 4.77. The van der Waals surface area contributed by atoms with Crippen molar-refractivity contribution >= 4 is 11.6 Å². The Morgan fingerprint density at radius 3 is 2.64 bits per heavy atom. The highest BCUT2D eigenvalue weighted by atomic mass is 35.5. The SMILES string of the molecule is N#Cc1ccc(CN2CCCC2Cc2ccccc2Cl)cc1. The first kappa shape index (κ1) is 15.1. The minimum atomic E-state index is 0.551. The Hall–Kier alpha value is -1.82. The van der Waals surface area contributed by atoms with Crippen molar-refractivity contribution in [3.8, 4) is 6.07 Å². The molecule has 0 radical (unpaired) electrons. The second-order valence-electron chi connectivity index (χ2n) is 5.87. The molecule has 0 N–H and O–H groups in total. The van der Waals surface area contributed by atoms with Crippen molar-refractivity contribution in [1.29, 1.82) is 5.26 Å². The molecule has 1 aliphatic heterocycles. The molecule has 0 amide bonds. The van der Waals surface area contributed by atoms with Gasteiger partial charge >= 0.3 is 0 Å². The highest BCUT2D eigenvalue weighted by Gasteiger charge is 2.25. The summed E-state index contributed by atoms with van der Waals surface area (Å²) in [5.41, 5.74) is 3.23. The minimum Gasteiger partial charge on any atom is -0.296 e. The molecule has 0 saturated carbocycles. The van der Waals surface area contributed by atoms with Crippen LogP contribution in [0.5, 0.6) is 0 Å². The largest absolute Gasteiger partial charge is 0.296 e. The van der Waals surface area contributed by atoms with Crippen molar-refractivity contribution in [3.05, 3.63) is 70.2 Å².